The van der Waals surface area contributed by atoms with E-state index in [1.807, 2.05) is 13.8 Å². The van der Waals surface area contributed by atoms with E-state index in [9.17, 15) is 4.79 Å². The van der Waals surface area contributed by atoms with Gasteiger partial charge in [0, 0.05) is 12.0 Å². The fourth-order valence-electron chi connectivity index (χ4n) is 1.49. The zero-order valence-electron chi connectivity index (χ0n) is 10.2. The van der Waals surface area contributed by atoms with Crippen molar-refractivity contribution in [3.05, 3.63) is 17.0 Å². The lowest BCUT2D eigenvalue weighted by Gasteiger charge is -2.03. The Bertz CT molecular complexity index is 325. The normalized spacial score (nSPS) is 10.4. The van der Waals surface area contributed by atoms with Crippen molar-refractivity contribution in [2.45, 2.75) is 46.5 Å². The van der Waals surface area contributed by atoms with Gasteiger partial charge in [-0.1, -0.05) is 18.5 Å². The van der Waals surface area contributed by atoms with Crippen molar-refractivity contribution in [3.63, 3.8) is 0 Å². The van der Waals surface area contributed by atoms with E-state index in [4.69, 9.17) is 9.26 Å². The molecular formula is C12H19NO3. The van der Waals surface area contributed by atoms with Gasteiger partial charge in [0.15, 0.2) is 0 Å². The summed E-state index contributed by atoms with van der Waals surface area (Å²) < 4.78 is 10.1. The number of hydrogen-bond donors (Lipinski definition) is 0. The minimum atomic E-state index is -0.145. The third-order valence-corrected chi connectivity index (χ3v) is 2.52. The van der Waals surface area contributed by atoms with Crippen LogP contribution < -0.4 is 0 Å². The first kappa shape index (κ1) is 12.7. The first-order valence-corrected chi connectivity index (χ1v) is 5.72. The molecule has 4 nitrogen and oxygen atoms in total. The van der Waals surface area contributed by atoms with Crippen molar-refractivity contribution >= 4 is 5.97 Å². The molecule has 0 radical (unpaired) electrons. The SMILES string of the molecule is CCCCOC(=O)CCc1c(C)noc1C. The van der Waals surface area contributed by atoms with Crippen LogP contribution in [0.4, 0.5) is 0 Å². The molecule has 0 amide bonds. The molecule has 0 bridgehead atoms. The summed E-state index contributed by atoms with van der Waals surface area (Å²) >= 11 is 0. The molecule has 0 N–H and O–H groups in total. The fourth-order valence-corrected chi connectivity index (χ4v) is 1.49. The average Bonchev–Trinajstić information content (AvgIpc) is 2.57. The molecule has 0 atom stereocenters. The molecular weight excluding hydrogens is 206 g/mol. The summed E-state index contributed by atoms with van der Waals surface area (Å²) in [6.45, 7) is 6.33. The number of esters is 1. The summed E-state index contributed by atoms with van der Waals surface area (Å²) in [6, 6.07) is 0. The van der Waals surface area contributed by atoms with E-state index in [0.717, 1.165) is 29.9 Å². The number of nitrogens with zero attached hydrogens (tertiary/aromatic N) is 1. The number of hydrogen-bond acceptors (Lipinski definition) is 4. The molecule has 1 heterocycles. The Labute approximate surface area is 96.0 Å². The van der Waals surface area contributed by atoms with E-state index in [1.165, 1.54) is 0 Å². The number of aryl methyl sites for hydroxylation is 2. The minimum Gasteiger partial charge on any atom is -0.466 e. The summed E-state index contributed by atoms with van der Waals surface area (Å²) in [5.74, 6) is 0.646. The molecule has 0 saturated carbocycles. The summed E-state index contributed by atoms with van der Waals surface area (Å²) in [5.41, 5.74) is 1.88. The molecule has 0 aliphatic heterocycles. The highest BCUT2D eigenvalue weighted by atomic mass is 16.5. The van der Waals surface area contributed by atoms with Gasteiger partial charge < -0.3 is 9.26 Å². The van der Waals surface area contributed by atoms with Crippen molar-refractivity contribution in [2.24, 2.45) is 0 Å². The van der Waals surface area contributed by atoms with Crippen LogP contribution in [0, 0.1) is 13.8 Å². The third-order valence-electron chi connectivity index (χ3n) is 2.52. The lowest BCUT2D eigenvalue weighted by Crippen LogP contribution is -2.07. The predicted octanol–water partition coefficient (Wildman–Crippen LogP) is 2.57. The molecule has 1 aromatic rings. The molecule has 0 fully saturated rings. The van der Waals surface area contributed by atoms with E-state index >= 15 is 0 Å². The molecule has 0 aromatic carbocycles. The average molecular weight is 225 g/mol. The van der Waals surface area contributed by atoms with Crippen LogP contribution in [0.1, 0.15) is 43.2 Å². The van der Waals surface area contributed by atoms with Gasteiger partial charge in [0.1, 0.15) is 5.76 Å². The molecule has 1 aromatic heterocycles. The Hall–Kier alpha value is -1.32. The van der Waals surface area contributed by atoms with Crippen molar-refractivity contribution in [1.29, 1.82) is 0 Å². The van der Waals surface area contributed by atoms with Crippen LogP contribution in [0.5, 0.6) is 0 Å². The number of aromatic nitrogens is 1. The first-order valence-electron chi connectivity index (χ1n) is 5.72. The number of unbranched alkanes of at least 4 members (excludes halogenated alkanes) is 1. The van der Waals surface area contributed by atoms with Crippen molar-refractivity contribution in [1.82, 2.24) is 5.16 Å². The summed E-state index contributed by atoms with van der Waals surface area (Å²) in [6.07, 6.45) is 3.01. The third kappa shape index (κ3) is 3.68. The van der Waals surface area contributed by atoms with Crippen molar-refractivity contribution in [2.75, 3.05) is 6.61 Å². The van der Waals surface area contributed by atoms with E-state index in [1.54, 1.807) is 0 Å². The van der Waals surface area contributed by atoms with Crippen molar-refractivity contribution < 1.29 is 14.1 Å². The first-order chi connectivity index (χ1) is 7.65. The van der Waals surface area contributed by atoms with Crippen LogP contribution in [0.25, 0.3) is 0 Å². The number of rotatable bonds is 6. The smallest absolute Gasteiger partial charge is 0.306 e. The van der Waals surface area contributed by atoms with Gasteiger partial charge in [0.25, 0.3) is 0 Å². The highest BCUT2D eigenvalue weighted by Crippen LogP contribution is 2.14. The Morgan fingerprint density at radius 2 is 2.19 bits per heavy atom. The Balaban J connectivity index is 2.32. The van der Waals surface area contributed by atoms with Gasteiger partial charge in [-0.3, -0.25) is 4.79 Å². The fraction of sp³-hybridized carbons (Fsp3) is 0.667. The van der Waals surface area contributed by atoms with Gasteiger partial charge in [0.2, 0.25) is 0 Å². The second-order valence-electron chi connectivity index (χ2n) is 3.88. The molecule has 0 aliphatic carbocycles. The lowest BCUT2D eigenvalue weighted by molar-refractivity contribution is -0.143. The Morgan fingerprint density at radius 3 is 2.75 bits per heavy atom. The van der Waals surface area contributed by atoms with E-state index < -0.39 is 0 Å². The maximum atomic E-state index is 11.4. The zero-order chi connectivity index (χ0) is 12.0. The van der Waals surface area contributed by atoms with Crippen molar-refractivity contribution in [3.8, 4) is 0 Å². The molecule has 16 heavy (non-hydrogen) atoms. The van der Waals surface area contributed by atoms with Crippen LogP contribution >= 0.6 is 0 Å². The number of carbonyl (C=O) groups is 1. The molecule has 1 rings (SSSR count). The standard InChI is InChI=1S/C12H19NO3/c1-4-5-8-15-12(14)7-6-11-9(2)13-16-10(11)3/h4-8H2,1-3H3. The van der Waals surface area contributed by atoms with Gasteiger partial charge in [-0.05, 0) is 26.7 Å². The summed E-state index contributed by atoms with van der Waals surface area (Å²) in [7, 11) is 0. The maximum absolute atomic E-state index is 11.4. The quantitative estimate of drug-likeness (QED) is 0.551. The van der Waals surface area contributed by atoms with E-state index in [-0.39, 0.29) is 5.97 Å². The van der Waals surface area contributed by atoms with Gasteiger partial charge in [0.05, 0.1) is 12.3 Å². The topological polar surface area (TPSA) is 52.3 Å². The predicted molar refractivity (Wildman–Crippen MR) is 60.2 cm³/mol. The molecule has 0 saturated heterocycles. The number of ether oxygens (including phenoxy) is 1. The van der Waals surface area contributed by atoms with E-state index in [0.29, 0.717) is 19.4 Å². The van der Waals surface area contributed by atoms with Crippen LogP contribution in [-0.4, -0.2) is 17.7 Å². The second kappa shape index (κ2) is 6.30. The van der Waals surface area contributed by atoms with Gasteiger partial charge in [-0.15, -0.1) is 0 Å². The molecule has 0 aliphatic rings. The highest BCUT2D eigenvalue weighted by molar-refractivity contribution is 5.69. The second-order valence-corrected chi connectivity index (χ2v) is 3.88. The van der Waals surface area contributed by atoms with Crippen LogP contribution in [0.15, 0.2) is 4.52 Å². The molecule has 90 valence electrons. The number of carbonyl (C=O) groups excluding carboxylic acids is 1. The Kier molecular flexibility index (Phi) is 5.02. The van der Waals surface area contributed by atoms with Crippen LogP contribution in [-0.2, 0) is 16.0 Å². The van der Waals surface area contributed by atoms with Gasteiger partial charge in [-0.2, -0.15) is 0 Å². The van der Waals surface area contributed by atoms with Crippen LogP contribution in [0.3, 0.4) is 0 Å². The maximum Gasteiger partial charge on any atom is 0.306 e. The van der Waals surface area contributed by atoms with Crippen LogP contribution in [0.2, 0.25) is 0 Å². The molecule has 4 heteroatoms. The minimum absolute atomic E-state index is 0.145. The van der Waals surface area contributed by atoms with Gasteiger partial charge >= 0.3 is 5.97 Å². The summed E-state index contributed by atoms with van der Waals surface area (Å²) in [5, 5.41) is 3.84. The highest BCUT2D eigenvalue weighted by Gasteiger charge is 2.11. The van der Waals surface area contributed by atoms with E-state index in [2.05, 4.69) is 12.1 Å². The Morgan fingerprint density at radius 1 is 1.44 bits per heavy atom. The lowest BCUT2D eigenvalue weighted by atomic mass is 10.1. The largest absolute Gasteiger partial charge is 0.466 e. The van der Waals surface area contributed by atoms with Gasteiger partial charge in [-0.25, -0.2) is 0 Å². The molecule has 0 spiro atoms. The zero-order valence-corrected chi connectivity index (χ0v) is 10.2. The summed E-state index contributed by atoms with van der Waals surface area (Å²) in [4.78, 5) is 11.4. The molecule has 0 unspecified atom stereocenters. The monoisotopic (exact) mass is 225 g/mol.